The average molecular weight is 1280 g/mol. The van der Waals surface area contributed by atoms with Crippen molar-refractivity contribution in [2.24, 2.45) is 34.4 Å². The number of ether oxygens (including phenoxy) is 2. The molecular formula is C55H105N23O12. The minimum atomic E-state index is -1.73. The van der Waals surface area contributed by atoms with Crippen molar-refractivity contribution < 1.29 is 57.4 Å². The summed E-state index contributed by atoms with van der Waals surface area (Å²) in [4.78, 5) is 139. The lowest BCUT2D eigenvalue weighted by Gasteiger charge is -2.29. The summed E-state index contributed by atoms with van der Waals surface area (Å²) in [6.45, 7) is 2.59. The molecule has 0 saturated carbocycles. The number of carbonyl (C=O) groups is 10. The van der Waals surface area contributed by atoms with E-state index in [0.29, 0.717) is 32.2 Å². The van der Waals surface area contributed by atoms with Gasteiger partial charge in [0.2, 0.25) is 59.1 Å². The van der Waals surface area contributed by atoms with Crippen LogP contribution in [0.4, 0.5) is 0 Å². The van der Waals surface area contributed by atoms with Gasteiger partial charge in [0.25, 0.3) is 0 Å². The molecule has 1 heterocycles. The second-order valence-corrected chi connectivity index (χ2v) is 21.7. The lowest BCUT2D eigenvalue weighted by atomic mass is 10.0. The molecule has 1 aliphatic rings. The molecule has 0 spiro atoms. The summed E-state index contributed by atoms with van der Waals surface area (Å²) in [5, 5.41) is 64.6. The highest BCUT2D eigenvalue weighted by Gasteiger charge is 2.36. The van der Waals surface area contributed by atoms with Crippen molar-refractivity contribution in [2.45, 2.75) is 190 Å². The number of nitrogens with two attached hydrogens (primary N) is 6. The van der Waals surface area contributed by atoms with Crippen LogP contribution in [0, 0.1) is 21.6 Å². The molecule has 0 aromatic carbocycles. The van der Waals surface area contributed by atoms with Crippen LogP contribution in [-0.2, 0) is 57.4 Å². The molecule has 10 amide bonds. The first-order chi connectivity index (χ1) is 43.0. The summed E-state index contributed by atoms with van der Waals surface area (Å²) < 4.78 is 10.9. The normalized spacial score (nSPS) is 18.6. The fourth-order valence-electron chi connectivity index (χ4n) is 9.07. The van der Waals surface area contributed by atoms with E-state index in [4.69, 9.17) is 65.5 Å². The fourth-order valence-corrected chi connectivity index (χ4v) is 9.07. The van der Waals surface area contributed by atoms with Crippen molar-refractivity contribution >= 4 is 82.9 Å². The Balaban J connectivity index is 3.76. The minimum absolute atomic E-state index is 0.00988. The lowest BCUT2D eigenvalue weighted by molar-refractivity contribution is -0.137. The fraction of sp³-hybridized carbons (Fsp3) is 0.745. The average Bonchev–Trinajstić information content (AvgIpc) is 2.07. The van der Waals surface area contributed by atoms with Gasteiger partial charge in [-0.3, -0.25) is 69.6 Å². The Hall–Kier alpha value is -8.34. The Bertz CT molecular complexity index is 2280. The molecule has 1 rings (SSSR count). The Morgan fingerprint density at radius 3 is 1.20 bits per heavy atom. The third-order valence-electron chi connectivity index (χ3n) is 13.9. The van der Waals surface area contributed by atoms with E-state index in [0.717, 1.165) is 44.9 Å². The highest BCUT2D eigenvalue weighted by molar-refractivity contribution is 5.99. The van der Waals surface area contributed by atoms with Crippen LogP contribution in [0.25, 0.3) is 0 Å². The van der Waals surface area contributed by atoms with Gasteiger partial charge in [0.15, 0.2) is 23.8 Å². The second-order valence-electron chi connectivity index (χ2n) is 21.7. The summed E-state index contributed by atoms with van der Waals surface area (Å²) in [6, 6.07) is -10.1. The SMILES string of the molecule is CCCCCCCCCCNC(=O)C[C@@H]1NC(=O)[C@H](CCC(=O)NCCOCCOCC(=O)NC(CCCCN)C(N)=O)NC(=O)[C@H](CCCNC(=N)N)NC(=O)[C@@H](CCCNC(=N)N)NC(=O)[C@H](CCCNC(=N)N)NC(=O)[C@@H](CCCNC(=N)N)NC1=O. The molecule has 0 aromatic rings. The van der Waals surface area contributed by atoms with Gasteiger partial charge in [0.1, 0.15) is 48.9 Å². The van der Waals surface area contributed by atoms with Gasteiger partial charge in [-0.05, 0) is 90.0 Å². The number of rotatable bonds is 44. The van der Waals surface area contributed by atoms with Gasteiger partial charge in [-0.15, -0.1) is 0 Å². The van der Waals surface area contributed by atoms with Gasteiger partial charge in [0, 0.05) is 45.7 Å². The number of guanidine groups is 4. The summed E-state index contributed by atoms with van der Waals surface area (Å²) in [5.41, 5.74) is 32.9. The van der Waals surface area contributed by atoms with Crippen molar-refractivity contribution in [2.75, 3.05) is 72.2 Å². The zero-order valence-electron chi connectivity index (χ0n) is 52.2. The molecule has 7 atom stereocenters. The summed E-state index contributed by atoms with van der Waals surface area (Å²) in [6.07, 6.45) is 7.88. The molecule has 0 aliphatic carbocycles. The van der Waals surface area contributed by atoms with Crippen LogP contribution in [-0.4, -0.2) is 197 Å². The number of hydrogen-bond donors (Lipinski definition) is 23. The number of nitrogens with one attached hydrogen (secondary N) is 17. The molecule has 0 radical (unpaired) electrons. The summed E-state index contributed by atoms with van der Waals surface area (Å²) in [5.74, 6) is -9.70. The van der Waals surface area contributed by atoms with Crippen LogP contribution in [0.2, 0.25) is 0 Å². The van der Waals surface area contributed by atoms with Gasteiger partial charge in [-0.2, -0.15) is 0 Å². The Morgan fingerprint density at radius 2 is 0.789 bits per heavy atom. The van der Waals surface area contributed by atoms with Crippen LogP contribution in [0.5, 0.6) is 0 Å². The molecule has 1 saturated heterocycles. The molecule has 0 bridgehead atoms. The van der Waals surface area contributed by atoms with E-state index in [9.17, 15) is 47.9 Å². The minimum Gasteiger partial charge on any atom is -0.377 e. The van der Waals surface area contributed by atoms with Crippen LogP contribution in [0.3, 0.4) is 0 Å². The topological polar surface area (TPSA) is 597 Å². The third-order valence-corrected chi connectivity index (χ3v) is 13.9. The highest BCUT2D eigenvalue weighted by atomic mass is 16.5. The molecule has 0 aromatic heterocycles. The Morgan fingerprint density at radius 1 is 0.422 bits per heavy atom. The molecule has 35 nitrogen and oxygen atoms in total. The van der Waals surface area contributed by atoms with E-state index in [1.807, 2.05) is 0 Å². The smallest absolute Gasteiger partial charge is 0.246 e. The van der Waals surface area contributed by atoms with Crippen LogP contribution >= 0.6 is 0 Å². The highest BCUT2D eigenvalue weighted by Crippen LogP contribution is 2.12. The first kappa shape index (κ1) is 79.7. The van der Waals surface area contributed by atoms with Crippen molar-refractivity contribution in [1.29, 1.82) is 21.6 Å². The van der Waals surface area contributed by atoms with E-state index in [1.54, 1.807) is 0 Å². The molecule has 1 unspecified atom stereocenters. The van der Waals surface area contributed by atoms with E-state index in [1.165, 1.54) is 0 Å². The number of carbonyl (C=O) groups excluding carboxylic acids is 10. The maximum absolute atomic E-state index is 14.7. The van der Waals surface area contributed by atoms with Crippen LogP contribution in [0.15, 0.2) is 0 Å². The molecule has 29 N–H and O–H groups in total. The van der Waals surface area contributed by atoms with Crippen LogP contribution < -0.4 is 104 Å². The van der Waals surface area contributed by atoms with Crippen molar-refractivity contribution in [1.82, 2.24) is 69.1 Å². The predicted molar refractivity (Wildman–Crippen MR) is 336 cm³/mol. The Kier molecular flexibility index (Phi) is 43.0. The molecule has 512 valence electrons. The number of amides is 10. The molecular weight excluding hydrogens is 1170 g/mol. The van der Waals surface area contributed by atoms with Gasteiger partial charge in [-0.1, -0.05) is 51.9 Å². The number of hydrogen-bond acceptors (Lipinski definition) is 17. The molecule has 90 heavy (non-hydrogen) atoms. The second kappa shape index (κ2) is 48.6. The van der Waals surface area contributed by atoms with Gasteiger partial charge in [0.05, 0.1) is 26.2 Å². The third kappa shape index (κ3) is 39.5. The monoisotopic (exact) mass is 1280 g/mol. The number of primary amides is 1. The van der Waals surface area contributed by atoms with E-state index in [-0.39, 0.29) is 141 Å². The Labute approximate surface area is 526 Å². The standard InChI is InChI=1S/C55H105N23O12/c1-2-3-4-5-6-7-8-11-24-66-43(80)33-41-51(88)76-39(20-15-28-71-55(64)65)48(85)74-37(18-13-26-69-53(60)61)46(83)73-36(17-12-25-68-52(58)59)47(84)75-38(19-14-27-70-54(62)63)49(86)77-40(50(87)78-41)21-22-42(79)67-29-30-89-31-32-90-34-44(81)72-35(45(57)82)16-9-10-23-56/h35-41H,2-34,56H2,1H3,(H2,57,82)(H,66,80)(H,67,79)(H,72,81)(H,73,83)(H,74,85)(H,75,84)(H,76,88)(H,77,86)(H,78,87)(H4,58,59,68)(H4,60,61,69)(H4,62,63,70)(H4,64,65,71)/t35?,36-,37+,38+,39-,40+,41+/m1/s1. The maximum Gasteiger partial charge on any atom is 0.246 e. The first-order valence-electron chi connectivity index (χ1n) is 31.1. The van der Waals surface area contributed by atoms with Crippen molar-refractivity contribution in [3.8, 4) is 0 Å². The van der Waals surface area contributed by atoms with Crippen molar-refractivity contribution in [3.05, 3.63) is 0 Å². The first-order valence-corrected chi connectivity index (χ1v) is 31.1. The lowest BCUT2D eigenvalue weighted by Crippen LogP contribution is -2.62. The zero-order chi connectivity index (χ0) is 67.1. The van der Waals surface area contributed by atoms with Gasteiger partial charge < -0.3 is 113 Å². The zero-order valence-corrected chi connectivity index (χ0v) is 52.2. The molecule has 1 aliphatic heterocycles. The quantitative estimate of drug-likeness (QED) is 0.0154. The molecule has 1 fully saturated rings. The molecule has 35 heteroatoms. The van der Waals surface area contributed by atoms with E-state index < -0.39 is 121 Å². The van der Waals surface area contributed by atoms with E-state index >= 15 is 0 Å². The van der Waals surface area contributed by atoms with Crippen molar-refractivity contribution in [3.63, 3.8) is 0 Å². The maximum atomic E-state index is 14.7. The summed E-state index contributed by atoms with van der Waals surface area (Å²) >= 11 is 0. The number of unbranched alkanes of at least 4 members (excludes halogenated alkanes) is 8. The van der Waals surface area contributed by atoms with Crippen LogP contribution in [0.1, 0.15) is 148 Å². The largest absolute Gasteiger partial charge is 0.377 e. The van der Waals surface area contributed by atoms with Gasteiger partial charge >= 0.3 is 0 Å². The van der Waals surface area contributed by atoms with Gasteiger partial charge in [-0.25, -0.2) is 0 Å². The summed E-state index contributed by atoms with van der Waals surface area (Å²) in [7, 11) is 0. The predicted octanol–water partition coefficient (Wildman–Crippen LogP) is -5.36. The van der Waals surface area contributed by atoms with E-state index in [2.05, 4.69) is 76.0 Å².